The molecule has 2 N–H and O–H groups in total. The zero-order valence-electron chi connectivity index (χ0n) is 10.8. The summed E-state index contributed by atoms with van der Waals surface area (Å²) in [5.41, 5.74) is 4.60. The van der Waals surface area contributed by atoms with E-state index in [2.05, 4.69) is 10.8 Å². The van der Waals surface area contributed by atoms with Gasteiger partial charge >= 0.3 is 0 Å². The SMILES string of the molecule is Cc1cc(F)c2c(c1)NC(C(=O)NOC1CCC1)C2. The van der Waals surface area contributed by atoms with Crippen molar-refractivity contribution in [3.63, 3.8) is 0 Å². The lowest BCUT2D eigenvalue weighted by atomic mass is 9.97. The Bertz CT molecular complexity index is 514. The molecule has 3 rings (SSSR count). The lowest BCUT2D eigenvalue weighted by molar-refractivity contribution is -0.143. The van der Waals surface area contributed by atoms with Crippen molar-refractivity contribution in [1.29, 1.82) is 0 Å². The first kappa shape index (κ1) is 12.4. The van der Waals surface area contributed by atoms with Gasteiger partial charge in [0.05, 0.1) is 6.10 Å². The largest absolute Gasteiger partial charge is 0.373 e. The zero-order valence-corrected chi connectivity index (χ0v) is 10.8. The number of nitrogens with one attached hydrogen (secondary N) is 2. The zero-order chi connectivity index (χ0) is 13.4. The quantitative estimate of drug-likeness (QED) is 0.822. The standard InChI is InChI=1S/C14H17FN2O2/c1-8-5-11(15)10-7-13(16-12(10)6-8)14(18)17-19-9-3-2-4-9/h5-6,9,13,16H,2-4,7H2,1H3,(H,17,18). The summed E-state index contributed by atoms with van der Waals surface area (Å²) in [5, 5.41) is 3.04. The van der Waals surface area contributed by atoms with Crippen LogP contribution in [0.25, 0.3) is 0 Å². The van der Waals surface area contributed by atoms with Crippen molar-refractivity contribution < 1.29 is 14.0 Å². The lowest BCUT2D eigenvalue weighted by Crippen LogP contribution is -2.41. The highest BCUT2D eigenvalue weighted by molar-refractivity contribution is 5.86. The first-order chi connectivity index (χ1) is 9.13. The van der Waals surface area contributed by atoms with Crippen LogP contribution in [0.2, 0.25) is 0 Å². The minimum Gasteiger partial charge on any atom is -0.373 e. The maximum atomic E-state index is 13.8. The number of carbonyl (C=O) groups excluding carboxylic acids is 1. The normalized spacial score (nSPS) is 21.5. The molecule has 0 radical (unpaired) electrons. The molecule has 1 fully saturated rings. The Morgan fingerprint density at radius 2 is 2.26 bits per heavy atom. The van der Waals surface area contributed by atoms with Crippen molar-refractivity contribution in [2.75, 3.05) is 5.32 Å². The Balaban J connectivity index is 1.62. The average Bonchev–Trinajstić information content (AvgIpc) is 2.70. The number of benzene rings is 1. The smallest absolute Gasteiger partial charge is 0.266 e. The van der Waals surface area contributed by atoms with Crippen LogP contribution in [-0.2, 0) is 16.1 Å². The van der Waals surface area contributed by atoms with E-state index in [0.717, 1.165) is 24.8 Å². The van der Waals surface area contributed by atoms with Gasteiger partial charge in [0.1, 0.15) is 11.9 Å². The highest BCUT2D eigenvalue weighted by atomic mass is 19.1. The Morgan fingerprint density at radius 3 is 2.95 bits per heavy atom. The molecule has 2 aliphatic rings. The van der Waals surface area contributed by atoms with E-state index in [1.807, 2.05) is 13.0 Å². The summed E-state index contributed by atoms with van der Waals surface area (Å²) in [5.74, 6) is -0.488. The fraction of sp³-hybridized carbons (Fsp3) is 0.500. The molecule has 102 valence electrons. The number of fused-ring (bicyclic) bond motifs is 1. The van der Waals surface area contributed by atoms with Crippen LogP contribution >= 0.6 is 0 Å². The monoisotopic (exact) mass is 264 g/mol. The van der Waals surface area contributed by atoms with Gasteiger partial charge in [-0.2, -0.15) is 0 Å². The van der Waals surface area contributed by atoms with Crippen molar-refractivity contribution in [2.45, 2.75) is 44.8 Å². The van der Waals surface area contributed by atoms with Crippen molar-refractivity contribution in [1.82, 2.24) is 5.48 Å². The third-order valence-electron chi connectivity index (χ3n) is 3.77. The molecule has 1 aromatic carbocycles. The maximum Gasteiger partial charge on any atom is 0.266 e. The summed E-state index contributed by atoms with van der Waals surface area (Å²) in [4.78, 5) is 17.2. The van der Waals surface area contributed by atoms with Crippen LogP contribution in [0.5, 0.6) is 0 Å². The molecule has 1 heterocycles. The van der Waals surface area contributed by atoms with Crippen LogP contribution in [0, 0.1) is 12.7 Å². The molecule has 5 heteroatoms. The van der Waals surface area contributed by atoms with Crippen LogP contribution in [0.15, 0.2) is 12.1 Å². The fourth-order valence-corrected chi connectivity index (χ4v) is 2.41. The van der Waals surface area contributed by atoms with E-state index in [9.17, 15) is 9.18 Å². The second-order valence-electron chi connectivity index (χ2n) is 5.31. The van der Waals surface area contributed by atoms with Crippen molar-refractivity contribution in [2.24, 2.45) is 0 Å². The van der Waals surface area contributed by atoms with E-state index in [-0.39, 0.29) is 17.8 Å². The van der Waals surface area contributed by atoms with Gasteiger partial charge in [0, 0.05) is 17.7 Å². The number of halogens is 1. The van der Waals surface area contributed by atoms with Crippen LogP contribution < -0.4 is 10.8 Å². The van der Waals surface area contributed by atoms with Crippen molar-refractivity contribution in [3.8, 4) is 0 Å². The van der Waals surface area contributed by atoms with E-state index in [4.69, 9.17) is 4.84 Å². The molecule has 1 aliphatic heterocycles. The van der Waals surface area contributed by atoms with Gasteiger partial charge < -0.3 is 5.32 Å². The summed E-state index contributed by atoms with van der Waals surface area (Å²) in [6, 6.07) is 2.90. The first-order valence-corrected chi connectivity index (χ1v) is 6.64. The van der Waals surface area contributed by atoms with Gasteiger partial charge in [0.2, 0.25) is 0 Å². The van der Waals surface area contributed by atoms with Crippen molar-refractivity contribution >= 4 is 11.6 Å². The van der Waals surface area contributed by atoms with Gasteiger partial charge in [0.25, 0.3) is 5.91 Å². The minimum absolute atomic E-state index is 0.145. The lowest BCUT2D eigenvalue weighted by Gasteiger charge is -2.25. The van der Waals surface area contributed by atoms with Crippen LogP contribution in [0.3, 0.4) is 0 Å². The number of anilines is 1. The first-order valence-electron chi connectivity index (χ1n) is 6.64. The molecule has 0 spiro atoms. The summed E-state index contributed by atoms with van der Waals surface area (Å²) >= 11 is 0. The predicted molar refractivity (Wildman–Crippen MR) is 69.1 cm³/mol. The van der Waals surface area contributed by atoms with E-state index >= 15 is 0 Å². The molecule has 19 heavy (non-hydrogen) atoms. The number of amides is 1. The second kappa shape index (κ2) is 4.81. The van der Waals surface area contributed by atoms with Gasteiger partial charge in [-0.15, -0.1) is 0 Å². The second-order valence-corrected chi connectivity index (χ2v) is 5.31. The van der Waals surface area contributed by atoms with Crippen LogP contribution in [-0.4, -0.2) is 18.1 Å². The van der Waals surface area contributed by atoms with Gasteiger partial charge in [-0.25, -0.2) is 9.87 Å². The number of aryl methyl sites for hydroxylation is 1. The number of hydrogen-bond donors (Lipinski definition) is 2. The maximum absolute atomic E-state index is 13.8. The molecular formula is C14H17FN2O2. The van der Waals surface area contributed by atoms with E-state index in [1.165, 1.54) is 6.07 Å². The average molecular weight is 264 g/mol. The Labute approximate surface area is 111 Å². The molecular weight excluding hydrogens is 247 g/mol. The Morgan fingerprint density at radius 1 is 1.47 bits per heavy atom. The summed E-state index contributed by atoms with van der Waals surface area (Å²) in [7, 11) is 0. The molecule has 4 nitrogen and oxygen atoms in total. The highest BCUT2D eigenvalue weighted by Gasteiger charge is 2.30. The molecule has 1 saturated carbocycles. The van der Waals surface area contributed by atoms with E-state index in [1.54, 1.807) is 0 Å². The van der Waals surface area contributed by atoms with Crippen LogP contribution in [0.4, 0.5) is 10.1 Å². The molecule has 1 aliphatic carbocycles. The molecule has 0 bridgehead atoms. The molecule has 0 saturated heterocycles. The van der Waals surface area contributed by atoms with Crippen molar-refractivity contribution in [3.05, 3.63) is 29.1 Å². The van der Waals surface area contributed by atoms with Gasteiger partial charge in [-0.05, 0) is 43.9 Å². The molecule has 1 atom stereocenters. The van der Waals surface area contributed by atoms with E-state index in [0.29, 0.717) is 17.7 Å². The molecule has 1 unspecified atom stereocenters. The van der Waals surface area contributed by atoms with E-state index < -0.39 is 6.04 Å². The topological polar surface area (TPSA) is 50.4 Å². The third kappa shape index (κ3) is 2.42. The summed E-state index contributed by atoms with van der Waals surface area (Å²) < 4.78 is 13.8. The van der Waals surface area contributed by atoms with Crippen LogP contribution in [0.1, 0.15) is 30.4 Å². The summed E-state index contributed by atoms with van der Waals surface area (Å²) in [6.07, 6.45) is 3.64. The highest BCUT2D eigenvalue weighted by Crippen LogP contribution is 2.29. The fourth-order valence-electron chi connectivity index (χ4n) is 2.41. The van der Waals surface area contributed by atoms with Gasteiger partial charge in [0.15, 0.2) is 0 Å². The molecule has 1 amide bonds. The Kier molecular flexibility index (Phi) is 3.14. The minimum atomic E-state index is -0.452. The molecule has 1 aromatic rings. The number of hydroxylamine groups is 1. The molecule has 0 aromatic heterocycles. The van der Waals surface area contributed by atoms with Gasteiger partial charge in [-0.3, -0.25) is 9.63 Å². The Hall–Kier alpha value is -1.62. The predicted octanol–water partition coefficient (Wildman–Crippen LogP) is 2.07. The number of carbonyl (C=O) groups is 1. The number of hydrogen-bond acceptors (Lipinski definition) is 3. The summed E-state index contributed by atoms with van der Waals surface area (Å²) in [6.45, 7) is 1.83. The number of rotatable bonds is 3. The third-order valence-corrected chi connectivity index (χ3v) is 3.77. The van der Waals surface area contributed by atoms with Gasteiger partial charge in [-0.1, -0.05) is 0 Å².